The largest absolute Gasteiger partial charge is 0.486 e. The molecule has 4 nitrogen and oxygen atoms in total. The van der Waals surface area contributed by atoms with E-state index in [1.165, 1.54) is 10.5 Å². The molecule has 0 bridgehead atoms. The quantitative estimate of drug-likeness (QED) is 0.598. The molecule has 5 heteroatoms. The van der Waals surface area contributed by atoms with Gasteiger partial charge >= 0.3 is 0 Å². The SMILES string of the molecule is CSc1cc2c(cc1CNCCCC(C)O)OCCO2. The van der Waals surface area contributed by atoms with Crippen LogP contribution >= 0.6 is 11.8 Å². The molecular formula is C15H23NO3S. The van der Waals surface area contributed by atoms with E-state index in [4.69, 9.17) is 9.47 Å². The molecule has 1 aromatic rings. The Hall–Kier alpha value is -0.910. The third-order valence-corrected chi connectivity index (χ3v) is 4.06. The van der Waals surface area contributed by atoms with E-state index in [-0.39, 0.29) is 6.10 Å². The second-order valence-electron chi connectivity index (χ2n) is 4.98. The molecule has 0 spiro atoms. The first-order valence-corrected chi connectivity index (χ1v) is 8.28. The van der Waals surface area contributed by atoms with Crippen molar-refractivity contribution in [1.82, 2.24) is 5.32 Å². The molecule has 0 saturated carbocycles. The lowest BCUT2D eigenvalue weighted by Crippen LogP contribution is -2.18. The Morgan fingerprint density at radius 3 is 2.65 bits per heavy atom. The monoisotopic (exact) mass is 297 g/mol. The average Bonchev–Trinajstić information content (AvgIpc) is 2.45. The lowest BCUT2D eigenvalue weighted by Gasteiger charge is -2.21. The summed E-state index contributed by atoms with van der Waals surface area (Å²) in [6, 6.07) is 4.13. The van der Waals surface area contributed by atoms with Crippen molar-refractivity contribution in [2.45, 2.75) is 37.3 Å². The Bertz CT molecular complexity index is 437. The molecule has 1 unspecified atom stereocenters. The molecular weight excluding hydrogens is 274 g/mol. The summed E-state index contributed by atoms with van der Waals surface area (Å²) in [6.07, 6.45) is 3.68. The Balaban J connectivity index is 1.92. The van der Waals surface area contributed by atoms with Crippen molar-refractivity contribution in [2.24, 2.45) is 0 Å². The third-order valence-electron chi connectivity index (χ3n) is 3.24. The minimum absolute atomic E-state index is 0.215. The molecule has 0 aromatic heterocycles. The van der Waals surface area contributed by atoms with Gasteiger partial charge in [0, 0.05) is 11.4 Å². The highest BCUT2D eigenvalue weighted by Gasteiger charge is 2.15. The van der Waals surface area contributed by atoms with E-state index < -0.39 is 0 Å². The van der Waals surface area contributed by atoms with E-state index in [1.807, 2.05) is 6.92 Å². The van der Waals surface area contributed by atoms with Gasteiger partial charge in [0.1, 0.15) is 13.2 Å². The number of hydrogen-bond acceptors (Lipinski definition) is 5. The molecule has 0 fully saturated rings. The number of aliphatic hydroxyl groups excluding tert-OH is 1. The second-order valence-corrected chi connectivity index (χ2v) is 5.82. The van der Waals surface area contributed by atoms with Crippen LogP contribution in [0.4, 0.5) is 0 Å². The Kier molecular flexibility index (Phi) is 6.01. The first-order chi connectivity index (χ1) is 9.70. The Labute approximate surface area is 124 Å². The smallest absolute Gasteiger partial charge is 0.162 e. The average molecular weight is 297 g/mol. The van der Waals surface area contributed by atoms with Crippen molar-refractivity contribution >= 4 is 11.8 Å². The van der Waals surface area contributed by atoms with Crippen LogP contribution in [0.5, 0.6) is 11.5 Å². The number of fused-ring (bicyclic) bond motifs is 1. The van der Waals surface area contributed by atoms with Gasteiger partial charge < -0.3 is 19.9 Å². The van der Waals surface area contributed by atoms with Crippen LogP contribution < -0.4 is 14.8 Å². The molecule has 1 aliphatic rings. The molecule has 0 radical (unpaired) electrons. The maximum absolute atomic E-state index is 9.22. The Morgan fingerprint density at radius 1 is 1.30 bits per heavy atom. The van der Waals surface area contributed by atoms with Gasteiger partial charge in [-0.15, -0.1) is 11.8 Å². The van der Waals surface area contributed by atoms with Gasteiger partial charge in [-0.1, -0.05) is 0 Å². The molecule has 1 atom stereocenters. The highest BCUT2D eigenvalue weighted by atomic mass is 32.2. The first-order valence-electron chi connectivity index (χ1n) is 7.06. The lowest BCUT2D eigenvalue weighted by molar-refractivity contribution is 0.171. The minimum atomic E-state index is -0.215. The van der Waals surface area contributed by atoms with E-state index in [0.29, 0.717) is 13.2 Å². The summed E-state index contributed by atoms with van der Waals surface area (Å²) in [6.45, 7) is 4.79. The molecule has 2 N–H and O–H groups in total. The number of benzene rings is 1. The molecule has 0 aliphatic carbocycles. The van der Waals surface area contributed by atoms with Crippen LogP contribution in [0.1, 0.15) is 25.3 Å². The van der Waals surface area contributed by atoms with Crippen molar-refractivity contribution in [2.75, 3.05) is 26.0 Å². The summed E-state index contributed by atoms with van der Waals surface area (Å²) in [5.41, 5.74) is 1.23. The highest BCUT2D eigenvalue weighted by molar-refractivity contribution is 7.98. The predicted octanol–water partition coefficient (Wildman–Crippen LogP) is 2.43. The minimum Gasteiger partial charge on any atom is -0.486 e. The van der Waals surface area contributed by atoms with Gasteiger partial charge in [-0.3, -0.25) is 0 Å². The summed E-state index contributed by atoms with van der Waals surface area (Å²) < 4.78 is 11.2. The van der Waals surface area contributed by atoms with E-state index in [1.54, 1.807) is 11.8 Å². The van der Waals surface area contributed by atoms with E-state index >= 15 is 0 Å². The number of ether oxygens (including phenoxy) is 2. The van der Waals surface area contributed by atoms with Crippen LogP contribution in [0, 0.1) is 0 Å². The van der Waals surface area contributed by atoms with Gasteiger partial charge in [0.2, 0.25) is 0 Å². The van der Waals surface area contributed by atoms with Crippen LogP contribution in [-0.2, 0) is 6.54 Å². The van der Waals surface area contributed by atoms with Crippen LogP contribution in [0.25, 0.3) is 0 Å². The summed E-state index contributed by atoms with van der Waals surface area (Å²) in [4.78, 5) is 1.22. The van der Waals surface area contributed by atoms with Crippen LogP contribution in [-0.4, -0.2) is 37.2 Å². The summed E-state index contributed by atoms with van der Waals surface area (Å²) in [7, 11) is 0. The van der Waals surface area contributed by atoms with Crippen molar-refractivity contribution < 1.29 is 14.6 Å². The van der Waals surface area contributed by atoms with Crippen molar-refractivity contribution in [3.63, 3.8) is 0 Å². The summed E-state index contributed by atoms with van der Waals surface area (Å²) >= 11 is 1.72. The molecule has 0 saturated heterocycles. The van der Waals surface area contributed by atoms with Crippen molar-refractivity contribution in [3.8, 4) is 11.5 Å². The number of nitrogens with one attached hydrogen (secondary N) is 1. The maximum Gasteiger partial charge on any atom is 0.162 e. The van der Waals surface area contributed by atoms with E-state index in [0.717, 1.165) is 37.4 Å². The molecule has 2 rings (SSSR count). The number of aliphatic hydroxyl groups is 1. The number of hydrogen-bond donors (Lipinski definition) is 2. The zero-order chi connectivity index (χ0) is 14.4. The maximum atomic E-state index is 9.22. The van der Waals surface area contributed by atoms with Gasteiger partial charge in [-0.25, -0.2) is 0 Å². The molecule has 0 amide bonds. The fourth-order valence-electron chi connectivity index (χ4n) is 2.19. The zero-order valence-corrected chi connectivity index (χ0v) is 13.0. The molecule has 112 valence electrons. The normalized spacial score (nSPS) is 15.2. The fraction of sp³-hybridized carbons (Fsp3) is 0.600. The molecule has 20 heavy (non-hydrogen) atoms. The molecule has 1 aliphatic heterocycles. The lowest BCUT2D eigenvalue weighted by atomic mass is 10.1. The van der Waals surface area contributed by atoms with Gasteiger partial charge in [-0.05, 0) is 50.3 Å². The first kappa shape index (κ1) is 15.5. The van der Waals surface area contributed by atoms with Crippen LogP contribution in [0.3, 0.4) is 0 Å². The van der Waals surface area contributed by atoms with Crippen LogP contribution in [0.2, 0.25) is 0 Å². The van der Waals surface area contributed by atoms with Gasteiger partial charge in [0.15, 0.2) is 11.5 Å². The summed E-state index contributed by atoms with van der Waals surface area (Å²) in [5, 5.41) is 12.6. The van der Waals surface area contributed by atoms with E-state index in [2.05, 4.69) is 23.7 Å². The second kappa shape index (κ2) is 7.76. The number of rotatable bonds is 7. The standard InChI is InChI=1S/C15H23NO3S/c1-11(17)4-3-5-16-10-12-8-13-14(9-15(12)20-2)19-7-6-18-13/h8-9,11,16-17H,3-7,10H2,1-2H3. The van der Waals surface area contributed by atoms with E-state index in [9.17, 15) is 5.11 Å². The fourth-order valence-corrected chi connectivity index (χ4v) is 2.80. The van der Waals surface area contributed by atoms with Crippen molar-refractivity contribution in [3.05, 3.63) is 17.7 Å². The van der Waals surface area contributed by atoms with Crippen molar-refractivity contribution in [1.29, 1.82) is 0 Å². The molecule has 1 aromatic carbocycles. The zero-order valence-electron chi connectivity index (χ0n) is 12.1. The topological polar surface area (TPSA) is 50.7 Å². The van der Waals surface area contributed by atoms with Gasteiger partial charge in [0.05, 0.1) is 6.10 Å². The summed E-state index contributed by atoms with van der Waals surface area (Å²) in [5.74, 6) is 1.69. The Morgan fingerprint density at radius 2 is 2.00 bits per heavy atom. The highest BCUT2D eigenvalue weighted by Crippen LogP contribution is 2.36. The predicted molar refractivity (Wildman–Crippen MR) is 81.8 cm³/mol. The molecule has 1 heterocycles. The number of thioether (sulfide) groups is 1. The van der Waals surface area contributed by atoms with Gasteiger partial charge in [0.25, 0.3) is 0 Å². The van der Waals surface area contributed by atoms with Crippen LogP contribution in [0.15, 0.2) is 17.0 Å². The van der Waals surface area contributed by atoms with Gasteiger partial charge in [-0.2, -0.15) is 0 Å². The third kappa shape index (κ3) is 4.30.